The summed E-state index contributed by atoms with van der Waals surface area (Å²) in [7, 11) is 0. The predicted octanol–water partition coefficient (Wildman–Crippen LogP) is 1.92. The highest BCUT2D eigenvalue weighted by Gasteiger charge is 2.23. The highest BCUT2D eigenvalue weighted by atomic mass is 19.2. The lowest BCUT2D eigenvalue weighted by molar-refractivity contribution is 0.153. The fraction of sp³-hybridized carbons (Fsp3) is 0.500. The van der Waals surface area contributed by atoms with Gasteiger partial charge in [-0.25, -0.2) is 8.78 Å². The van der Waals surface area contributed by atoms with E-state index in [4.69, 9.17) is 5.11 Å². The van der Waals surface area contributed by atoms with E-state index in [2.05, 4.69) is 4.90 Å². The lowest BCUT2D eigenvalue weighted by Gasteiger charge is -2.22. The first-order valence-corrected chi connectivity index (χ1v) is 5.49. The van der Waals surface area contributed by atoms with Crippen LogP contribution in [0.2, 0.25) is 0 Å². The molecule has 0 bridgehead atoms. The first-order valence-electron chi connectivity index (χ1n) is 5.49. The average molecular weight is 227 g/mol. The summed E-state index contributed by atoms with van der Waals surface area (Å²) >= 11 is 0. The molecule has 1 atom stereocenters. The van der Waals surface area contributed by atoms with Gasteiger partial charge in [0.2, 0.25) is 0 Å². The van der Waals surface area contributed by atoms with E-state index >= 15 is 0 Å². The molecule has 1 heterocycles. The monoisotopic (exact) mass is 227 g/mol. The molecule has 0 unspecified atom stereocenters. The molecular formula is C12H15F2NO. The van der Waals surface area contributed by atoms with Crippen molar-refractivity contribution >= 4 is 0 Å². The number of benzene rings is 1. The SMILES string of the molecule is OC[C@H]1CCCN1Cc1ccc(F)c(F)c1. The van der Waals surface area contributed by atoms with E-state index in [-0.39, 0.29) is 12.6 Å². The third-order valence-corrected chi connectivity index (χ3v) is 3.08. The van der Waals surface area contributed by atoms with Crippen molar-refractivity contribution < 1.29 is 13.9 Å². The van der Waals surface area contributed by atoms with Crippen LogP contribution in [-0.2, 0) is 6.54 Å². The van der Waals surface area contributed by atoms with Crippen LogP contribution in [0.4, 0.5) is 8.78 Å². The molecule has 1 aromatic rings. The Morgan fingerprint density at radius 1 is 1.31 bits per heavy atom. The molecule has 0 amide bonds. The molecule has 0 aliphatic carbocycles. The standard InChI is InChI=1S/C12H15F2NO/c13-11-4-3-9(6-12(11)14)7-15-5-1-2-10(15)8-16/h3-4,6,10,16H,1-2,5,7-8H2/t10-/m1/s1. The van der Waals surface area contributed by atoms with Crippen molar-refractivity contribution in [1.82, 2.24) is 4.90 Å². The maximum atomic E-state index is 13.0. The summed E-state index contributed by atoms with van der Waals surface area (Å²) in [4.78, 5) is 2.10. The van der Waals surface area contributed by atoms with E-state index in [0.29, 0.717) is 6.54 Å². The Morgan fingerprint density at radius 2 is 2.12 bits per heavy atom. The number of aliphatic hydroxyl groups excluding tert-OH is 1. The van der Waals surface area contributed by atoms with Gasteiger partial charge in [-0.1, -0.05) is 6.07 Å². The summed E-state index contributed by atoms with van der Waals surface area (Å²) in [5.74, 6) is -1.62. The van der Waals surface area contributed by atoms with Gasteiger partial charge in [-0.05, 0) is 37.1 Å². The van der Waals surface area contributed by atoms with Crippen LogP contribution < -0.4 is 0 Å². The normalized spacial score (nSPS) is 21.6. The number of halogens is 2. The van der Waals surface area contributed by atoms with Crippen molar-refractivity contribution in [2.24, 2.45) is 0 Å². The summed E-state index contributed by atoms with van der Waals surface area (Å²) in [6, 6.07) is 4.12. The van der Waals surface area contributed by atoms with Crippen LogP contribution in [0.15, 0.2) is 18.2 Å². The Hall–Kier alpha value is -1.00. The minimum atomic E-state index is -0.816. The van der Waals surface area contributed by atoms with E-state index in [9.17, 15) is 8.78 Å². The van der Waals surface area contributed by atoms with Crippen molar-refractivity contribution in [3.8, 4) is 0 Å². The van der Waals surface area contributed by atoms with Gasteiger partial charge in [0.15, 0.2) is 11.6 Å². The minimum absolute atomic E-state index is 0.129. The Morgan fingerprint density at radius 3 is 2.81 bits per heavy atom. The molecule has 0 aromatic heterocycles. The van der Waals surface area contributed by atoms with E-state index < -0.39 is 11.6 Å². The highest BCUT2D eigenvalue weighted by molar-refractivity contribution is 5.18. The maximum Gasteiger partial charge on any atom is 0.159 e. The van der Waals surface area contributed by atoms with Crippen LogP contribution >= 0.6 is 0 Å². The van der Waals surface area contributed by atoms with Gasteiger partial charge < -0.3 is 5.11 Å². The fourth-order valence-corrected chi connectivity index (χ4v) is 2.18. The number of nitrogens with zero attached hydrogens (tertiary/aromatic N) is 1. The molecule has 2 rings (SSSR count). The number of aliphatic hydroxyl groups is 1. The number of hydrogen-bond donors (Lipinski definition) is 1. The first kappa shape index (κ1) is 11.5. The average Bonchev–Trinajstić information content (AvgIpc) is 2.71. The summed E-state index contributed by atoms with van der Waals surface area (Å²) in [5, 5.41) is 9.14. The molecule has 2 nitrogen and oxygen atoms in total. The number of hydrogen-bond acceptors (Lipinski definition) is 2. The lowest BCUT2D eigenvalue weighted by atomic mass is 10.2. The summed E-state index contributed by atoms with van der Waals surface area (Å²) in [6.07, 6.45) is 2.02. The van der Waals surface area contributed by atoms with E-state index in [1.54, 1.807) is 6.07 Å². The van der Waals surface area contributed by atoms with Crippen LogP contribution in [0.3, 0.4) is 0 Å². The van der Waals surface area contributed by atoms with Crippen LogP contribution in [0.1, 0.15) is 18.4 Å². The van der Waals surface area contributed by atoms with E-state index in [0.717, 1.165) is 31.0 Å². The Balaban J connectivity index is 2.05. The van der Waals surface area contributed by atoms with Gasteiger partial charge in [-0.3, -0.25) is 4.90 Å². The molecule has 0 radical (unpaired) electrons. The molecule has 1 aliphatic heterocycles. The van der Waals surface area contributed by atoms with Crippen molar-refractivity contribution in [2.45, 2.75) is 25.4 Å². The number of rotatable bonds is 3. The lowest BCUT2D eigenvalue weighted by Crippen LogP contribution is -2.31. The fourth-order valence-electron chi connectivity index (χ4n) is 2.18. The molecule has 1 aliphatic rings. The molecule has 1 N–H and O–H groups in total. The third-order valence-electron chi connectivity index (χ3n) is 3.08. The van der Waals surface area contributed by atoms with Gasteiger partial charge in [0.1, 0.15) is 0 Å². The molecule has 4 heteroatoms. The van der Waals surface area contributed by atoms with Crippen molar-refractivity contribution in [3.63, 3.8) is 0 Å². The Kier molecular flexibility index (Phi) is 3.51. The summed E-state index contributed by atoms with van der Waals surface area (Å²) in [6.45, 7) is 1.61. The van der Waals surface area contributed by atoms with Crippen molar-refractivity contribution in [3.05, 3.63) is 35.4 Å². The van der Waals surface area contributed by atoms with Gasteiger partial charge in [0.25, 0.3) is 0 Å². The minimum Gasteiger partial charge on any atom is -0.395 e. The topological polar surface area (TPSA) is 23.5 Å². The second-order valence-electron chi connectivity index (χ2n) is 4.20. The zero-order chi connectivity index (χ0) is 11.5. The molecular weight excluding hydrogens is 212 g/mol. The van der Waals surface area contributed by atoms with Crippen LogP contribution in [-0.4, -0.2) is 29.2 Å². The molecule has 88 valence electrons. The quantitative estimate of drug-likeness (QED) is 0.852. The zero-order valence-corrected chi connectivity index (χ0v) is 9.00. The van der Waals surface area contributed by atoms with Gasteiger partial charge in [-0.15, -0.1) is 0 Å². The smallest absolute Gasteiger partial charge is 0.159 e. The molecule has 0 saturated carbocycles. The maximum absolute atomic E-state index is 13.0. The largest absolute Gasteiger partial charge is 0.395 e. The molecule has 1 saturated heterocycles. The number of likely N-dealkylation sites (tertiary alicyclic amines) is 1. The van der Waals surface area contributed by atoms with Gasteiger partial charge in [-0.2, -0.15) is 0 Å². The summed E-state index contributed by atoms with van der Waals surface area (Å²) in [5.41, 5.74) is 0.749. The van der Waals surface area contributed by atoms with Crippen molar-refractivity contribution in [1.29, 1.82) is 0 Å². The van der Waals surface area contributed by atoms with E-state index in [1.165, 1.54) is 6.07 Å². The zero-order valence-electron chi connectivity index (χ0n) is 9.00. The predicted molar refractivity (Wildman–Crippen MR) is 56.9 cm³/mol. The molecule has 0 spiro atoms. The van der Waals surface area contributed by atoms with E-state index in [1.807, 2.05) is 0 Å². The first-order chi connectivity index (χ1) is 7.70. The van der Waals surface area contributed by atoms with Crippen LogP contribution in [0.25, 0.3) is 0 Å². The summed E-state index contributed by atoms with van der Waals surface area (Å²) < 4.78 is 25.7. The van der Waals surface area contributed by atoms with Gasteiger partial charge >= 0.3 is 0 Å². The molecule has 16 heavy (non-hydrogen) atoms. The Bertz CT molecular complexity index is 370. The Labute approximate surface area is 93.5 Å². The van der Waals surface area contributed by atoms with Crippen LogP contribution in [0, 0.1) is 11.6 Å². The third kappa shape index (κ3) is 2.39. The van der Waals surface area contributed by atoms with Gasteiger partial charge in [0, 0.05) is 12.6 Å². The van der Waals surface area contributed by atoms with Crippen LogP contribution in [0.5, 0.6) is 0 Å². The van der Waals surface area contributed by atoms with Crippen molar-refractivity contribution in [2.75, 3.05) is 13.2 Å². The molecule has 1 aromatic carbocycles. The highest BCUT2D eigenvalue weighted by Crippen LogP contribution is 2.20. The molecule has 1 fully saturated rings. The second kappa shape index (κ2) is 4.89. The second-order valence-corrected chi connectivity index (χ2v) is 4.20. The van der Waals surface area contributed by atoms with Gasteiger partial charge in [0.05, 0.1) is 6.61 Å².